The van der Waals surface area contributed by atoms with E-state index in [9.17, 15) is 32.6 Å². The molecule has 0 radical (unpaired) electrons. The predicted octanol–water partition coefficient (Wildman–Crippen LogP) is 4.63. The van der Waals surface area contributed by atoms with Gasteiger partial charge in [0.1, 0.15) is 47.3 Å². The number of hydrogen-bond acceptors (Lipinski definition) is 13. The largest absolute Gasteiger partial charge is 0.463 e. The van der Waals surface area contributed by atoms with Gasteiger partial charge in [-0.15, -0.1) is 10.2 Å². The van der Waals surface area contributed by atoms with Gasteiger partial charge in [-0.25, -0.2) is 31.7 Å². The molecule has 3 N–H and O–H groups in total. The van der Waals surface area contributed by atoms with E-state index in [2.05, 4.69) is 41.0 Å². The van der Waals surface area contributed by atoms with Crippen LogP contribution >= 0.6 is 0 Å². The molecule has 320 valence electrons. The Balaban J connectivity index is 0.000000232. The van der Waals surface area contributed by atoms with Gasteiger partial charge in [0.15, 0.2) is 11.2 Å². The smallest absolute Gasteiger partial charge is 0.330 e. The minimum atomic E-state index is -4.17. The molecule has 2 aromatic carbocycles. The van der Waals surface area contributed by atoms with Crippen molar-refractivity contribution < 1.29 is 60.0 Å². The molecule has 4 aromatic heterocycles. The van der Waals surface area contributed by atoms with Crippen molar-refractivity contribution in [3.63, 3.8) is 0 Å². The number of alkyl halides is 4. The molecule has 0 saturated heterocycles. The van der Waals surface area contributed by atoms with Crippen LogP contribution in [0.1, 0.15) is 40.6 Å². The molecular weight excluding hydrogens is 828 g/mol. The highest BCUT2D eigenvalue weighted by Crippen LogP contribution is 2.48. The fourth-order valence-electron chi connectivity index (χ4n) is 5.68. The molecule has 0 bridgehead atoms. The molecule has 2 unspecified atom stereocenters. The standard InChI is InChI=1S/C20H17F4N5O3.C18H15F4N5O2/c1-2-32-18(30)8-4-13-3-7-17(25-10-13)20(23,24)19(31,11-29-12-26-27-28-29)15-6-5-14(21)9-16(15)22;19-13-4-5-14(15(20)8-13)17(29,10-27-11-24-25-26-27)18(21,22)16-6-3-12(9-23-16)2-1-7-28/h3-10,12,31H,2,11H2,1H3;1-6,8-9,11,28-29H,7,10H2/b8-4+;2-1+. The number of nitrogens with zero attached hydrogens (tertiary/aromatic N) is 10. The molecule has 0 fully saturated rings. The number of pyridine rings is 2. The molecule has 0 aliphatic rings. The van der Waals surface area contributed by atoms with Crippen molar-refractivity contribution >= 4 is 18.1 Å². The highest BCUT2D eigenvalue weighted by atomic mass is 19.3. The van der Waals surface area contributed by atoms with Gasteiger partial charge in [0.25, 0.3) is 0 Å². The first kappa shape index (κ1) is 45.2. The molecule has 23 heteroatoms. The maximum atomic E-state index is 15.6. The third-order valence-electron chi connectivity index (χ3n) is 8.69. The number of aliphatic hydroxyl groups is 3. The normalized spacial score (nSPS) is 14.0. The Kier molecular flexibility index (Phi) is 14.1. The van der Waals surface area contributed by atoms with Gasteiger partial charge in [-0.3, -0.25) is 9.97 Å². The van der Waals surface area contributed by atoms with E-state index < -0.39 is 87.9 Å². The SMILES string of the molecule is CCOC(=O)/C=C/c1ccc(C(F)(F)C(O)(Cn2cnnn2)c2ccc(F)cc2F)nc1.OC/C=C/c1ccc(C(F)(F)C(O)(Cn2cnnn2)c2ccc(F)cc2F)nc1. The second kappa shape index (κ2) is 19.0. The topological polar surface area (TPSA) is 200 Å². The highest BCUT2D eigenvalue weighted by molar-refractivity contribution is 5.86. The van der Waals surface area contributed by atoms with Crippen LogP contribution < -0.4 is 0 Å². The summed E-state index contributed by atoms with van der Waals surface area (Å²) in [5.41, 5.74) is -9.14. The van der Waals surface area contributed by atoms with Crippen LogP contribution in [0.15, 0.2) is 97.9 Å². The Morgan fingerprint density at radius 1 is 0.705 bits per heavy atom. The van der Waals surface area contributed by atoms with E-state index in [0.29, 0.717) is 23.3 Å². The molecule has 61 heavy (non-hydrogen) atoms. The zero-order chi connectivity index (χ0) is 44.4. The first-order valence-corrected chi connectivity index (χ1v) is 17.5. The molecule has 0 amide bonds. The van der Waals surface area contributed by atoms with E-state index in [4.69, 9.17) is 9.84 Å². The monoisotopic (exact) mass is 860 g/mol. The van der Waals surface area contributed by atoms with Crippen molar-refractivity contribution in [2.75, 3.05) is 13.2 Å². The zero-order valence-corrected chi connectivity index (χ0v) is 31.4. The zero-order valence-electron chi connectivity index (χ0n) is 31.4. The van der Waals surface area contributed by atoms with Crippen LogP contribution in [0.5, 0.6) is 0 Å². The maximum absolute atomic E-state index is 15.6. The molecule has 0 aliphatic heterocycles. The Hall–Kier alpha value is -6.85. The number of carbonyl (C=O) groups excluding carboxylic acids is 1. The number of halogens is 8. The number of benzene rings is 2. The summed E-state index contributed by atoms with van der Waals surface area (Å²) >= 11 is 0. The molecule has 15 nitrogen and oxygen atoms in total. The fraction of sp³-hybridized carbons (Fsp3) is 0.237. The first-order chi connectivity index (χ1) is 28.9. The number of aliphatic hydroxyl groups excluding tert-OH is 1. The van der Waals surface area contributed by atoms with Gasteiger partial charge in [-0.05, 0) is 81.4 Å². The van der Waals surface area contributed by atoms with E-state index in [0.717, 1.165) is 76.9 Å². The fourth-order valence-corrected chi connectivity index (χ4v) is 5.68. The summed E-state index contributed by atoms with van der Waals surface area (Å²) in [6, 6.07) is 8.13. The molecule has 6 aromatic rings. The summed E-state index contributed by atoms with van der Waals surface area (Å²) in [5, 5.41) is 51.0. The molecule has 6 rings (SSSR count). The summed E-state index contributed by atoms with van der Waals surface area (Å²) in [5.74, 6) is -13.6. The lowest BCUT2D eigenvalue weighted by molar-refractivity contribution is -0.207. The van der Waals surface area contributed by atoms with Crippen LogP contribution in [-0.2, 0) is 45.7 Å². The van der Waals surface area contributed by atoms with E-state index >= 15 is 17.6 Å². The number of tetrazole rings is 2. The van der Waals surface area contributed by atoms with Crippen LogP contribution in [0.3, 0.4) is 0 Å². The van der Waals surface area contributed by atoms with Crippen molar-refractivity contribution in [2.45, 2.75) is 43.1 Å². The van der Waals surface area contributed by atoms with Crippen LogP contribution in [0, 0.1) is 23.3 Å². The number of carbonyl (C=O) groups is 1. The molecule has 4 heterocycles. The minimum Gasteiger partial charge on any atom is -0.463 e. The minimum absolute atomic E-state index is 0.173. The third-order valence-corrected chi connectivity index (χ3v) is 8.69. The Bertz CT molecular complexity index is 2440. The molecule has 0 aliphatic carbocycles. The second-order valence-electron chi connectivity index (χ2n) is 12.8. The van der Waals surface area contributed by atoms with Gasteiger partial charge in [-0.2, -0.15) is 17.6 Å². The van der Waals surface area contributed by atoms with Crippen molar-refractivity contribution in [3.05, 3.63) is 155 Å². The second-order valence-corrected chi connectivity index (χ2v) is 12.8. The number of aromatic nitrogens is 10. The Labute approximate surface area is 339 Å². The van der Waals surface area contributed by atoms with Crippen molar-refractivity contribution in [1.29, 1.82) is 0 Å². The van der Waals surface area contributed by atoms with E-state index in [1.807, 2.05) is 0 Å². The van der Waals surface area contributed by atoms with E-state index in [1.165, 1.54) is 30.4 Å². The summed E-state index contributed by atoms with van der Waals surface area (Å²) in [7, 11) is 0. The number of esters is 1. The van der Waals surface area contributed by atoms with Crippen LogP contribution in [0.4, 0.5) is 35.1 Å². The summed E-state index contributed by atoms with van der Waals surface area (Å²) < 4.78 is 124. The summed E-state index contributed by atoms with van der Waals surface area (Å²) in [4.78, 5) is 18.7. The average Bonchev–Trinajstić information content (AvgIpc) is 3.94. The predicted molar refractivity (Wildman–Crippen MR) is 194 cm³/mol. The van der Waals surface area contributed by atoms with Crippen molar-refractivity contribution in [2.24, 2.45) is 0 Å². The Morgan fingerprint density at radius 2 is 1.16 bits per heavy atom. The van der Waals surface area contributed by atoms with Gasteiger partial charge < -0.3 is 20.1 Å². The maximum Gasteiger partial charge on any atom is 0.330 e. The van der Waals surface area contributed by atoms with E-state index in [-0.39, 0.29) is 13.2 Å². The molecule has 0 saturated carbocycles. The summed E-state index contributed by atoms with van der Waals surface area (Å²) in [6.45, 7) is -0.324. The molecule has 2 atom stereocenters. The van der Waals surface area contributed by atoms with Crippen LogP contribution in [0.2, 0.25) is 0 Å². The van der Waals surface area contributed by atoms with Gasteiger partial charge in [-0.1, -0.05) is 24.3 Å². The lowest BCUT2D eigenvalue weighted by atomic mass is 9.84. The molecular formula is C38H32F8N10O5. The first-order valence-electron chi connectivity index (χ1n) is 17.5. The van der Waals surface area contributed by atoms with E-state index in [1.54, 1.807) is 6.92 Å². The van der Waals surface area contributed by atoms with Crippen LogP contribution in [0.25, 0.3) is 12.2 Å². The number of ether oxygens (including phenoxy) is 1. The third kappa shape index (κ3) is 10.1. The Morgan fingerprint density at radius 3 is 1.52 bits per heavy atom. The van der Waals surface area contributed by atoms with Gasteiger partial charge >= 0.3 is 17.8 Å². The van der Waals surface area contributed by atoms with Crippen molar-refractivity contribution in [1.82, 2.24) is 50.4 Å². The van der Waals surface area contributed by atoms with Crippen LogP contribution in [-0.4, -0.2) is 84.9 Å². The number of hydrogen-bond donors (Lipinski definition) is 3. The quantitative estimate of drug-likeness (QED) is 0.0734. The van der Waals surface area contributed by atoms with Gasteiger partial charge in [0, 0.05) is 41.7 Å². The lowest BCUT2D eigenvalue weighted by Crippen LogP contribution is -2.48. The average molecular weight is 861 g/mol. The van der Waals surface area contributed by atoms with Gasteiger partial charge in [0.05, 0.1) is 26.3 Å². The van der Waals surface area contributed by atoms with Crippen molar-refractivity contribution in [3.8, 4) is 0 Å². The highest BCUT2D eigenvalue weighted by Gasteiger charge is 2.59. The molecule has 0 spiro atoms. The summed E-state index contributed by atoms with van der Waals surface area (Å²) in [6.07, 6.45) is 9.32. The van der Waals surface area contributed by atoms with Gasteiger partial charge in [0.2, 0.25) is 0 Å². The number of rotatable bonds is 15. The lowest BCUT2D eigenvalue weighted by Gasteiger charge is -2.35.